The van der Waals surface area contributed by atoms with Gasteiger partial charge >= 0.3 is 0 Å². The van der Waals surface area contributed by atoms with Gasteiger partial charge in [0.1, 0.15) is 5.75 Å². The molecule has 7 nitrogen and oxygen atoms in total. The van der Waals surface area contributed by atoms with Crippen molar-refractivity contribution in [3.63, 3.8) is 0 Å². The van der Waals surface area contributed by atoms with E-state index < -0.39 is 0 Å². The number of hydrogen-bond donors (Lipinski definition) is 1. The molecule has 1 aromatic carbocycles. The first-order chi connectivity index (χ1) is 18.6. The van der Waals surface area contributed by atoms with Crippen LogP contribution in [-0.4, -0.2) is 38.8 Å². The number of hydrogen-bond acceptors (Lipinski definition) is 9. The van der Waals surface area contributed by atoms with E-state index in [9.17, 15) is 4.79 Å². The number of carbonyl (C=O) groups is 1. The number of piperidine rings is 1. The van der Waals surface area contributed by atoms with Crippen LogP contribution in [0.5, 0.6) is 11.5 Å². The Hall–Kier alpha value is -3.47. The highest BCUT2D eigenvalue weighted by atomic mass is 32.2. The van der Waals surface area contributed by atoms with Crippen LogP contribution in [-0.2, 0) is 4.79 Å². The summed E-state index contributed by atoms with van der Waals surface area (Å²) in [6.07, 6.45) is 5.56. The maximum Gasteiger partial charge on any atom is 0.219 e. The van der Waals surface area contributed by atoms with Crippen LogP contribution in [0.2, 0.25) is 0 Å². The zero-order valence-electron chi connectivity index (χ0n) is 20.7. The molecule has 1 fully saturated rings. The van der Waals surface area contributed by atoms with Crippen molar-refractivity contribution in [1.82, 2.24) is 19.9 Å². The molecule has 1 amide bonds. The third kappa shape index (κ3) is 5.52. The standard InChI is InChI=1S/C28H25N5O2S3/c1-18(34)33-12-8-19(9-13-33)23-17-37-28(31-23)32-27-24(35-20-5-3-2-4-6-20)15-21(16-30-27)38-25-7-11-29-22-10-14-36-26(22)25/h2-7,10-11,14-17,19H,8-9,12-13H2,1H3,(H,30,31,32). The summed E-state index contributed by atoms with van der Waals surface area (Å²) in [6.45, 7) is 3.20. The number of nitrogens with one attached hydrogen (secondary N) is 1. The molecule has 0 radical (unpaired) electrons. The van der Waals surface area contributed by atoms with Crippen LogP contribution in [0.25, 0.3) is 10.2 Å². The van der Waals surface area contributed by atoms with E-state index >= 15 is 0 Å². The van der Waals surface area contributed by atoms with Crippen LogP contribution >= 0.6 is 34.4 Å². The number of rotatable bonds is 7. The van der Waals surface area contributed by atoms with Crippen molar-refractivity contribution < 1.29 is 9.53 Å². The fourth-order valence-electron chi connectivity index (χ4n) is 4.45. The first kappa shape index (κ1) is 24.8. The number of anilines is 2. The van der Waals surface area contributed by atoms with E-state index in [1.807, 2.05) is 65.8 Å². The Morgan fingerprint density at radius 3 is 2.76 bits per heavy atom. The number of ether oxygens (including phenoxy) is 1. The van der Waals surface area contributed by atoms with Crippen LogP contribution in [0.4, 0.5) is 10.9 Å². The molecule has 38 heavy (non-hydrogen) atoms. The largest absolute Gasteiger partial charge is 0.453 e. The molecule has 4 aromatic heterocycles. The third-order valence-corrected chi connectivity index (χ3v) is 9.30. The highest BCUT2D eigenvalue weighted by molar-refractivity contribution is 7.99. The van der Waals surface area contributed by atoms with Crippen LogP contribution in [0, 0.1) is 0 Å². The summed E-state index contributed by atoms with van der Waals surface area (Å²) in [5.41, 5.74) is 2.06. The fraction of sp³-hybridized carbons (Fsp3) is 0.214. The summed E-state index contributed by atoms with van der Waals surface area (Å²) in [6, 6.07) is 15.8. The van der Waals surface area contributed by atoms with Crippen molar-refractivity contribution in [3.05, 3.63) is 77.4 Å². The lowest BCUT2D eigenvalue weighted by Crippen LogP contribution is -2.36. The normalized spacial score (nSPS) is 14.1. The number of thiazole rings is 1. The zero-order valence-corrected chi connectivity index (χ0v) is 23.1. The molecule has 1 aliphatic heterocycles. The first-order valence-electron chi connectivity index (χ1n) is 12.3. The number of thiophene rings is 1. The molecule has 192 valence electrons. The quantitative estimate of drug-likeness (QED) is 0.220. The van der Waals surface area contributed by atoms with E-state index in [0.717, 1.165) is 62.5 Å². The highest BCUT2D eigenvalue weighted by Gasteiger charge is 2.24. The van der Waals surface area contributed by atoms with Gasteiger partial charge in [-0.1, -0.05) is 30.0 Å². The van der Waals surface area contributed by atoms with Crippen molar-refractivity contribution in [3.8, 4) is 11.5 Å². The van der Waals surface area contributed by atoms with E-state index in [0.29, 0.717) is 17.5 Å². The van der Waals surface area contributed by atoms with Crippen molar-refractivity contribution >= 4 is 61.5 Å². The van der Waals surface area contributed by atoms with E-state index in [4.69, 9.17) is 14.7 Å². The van der Waals surface area contributed by atoms with Gasteiger partial charge in [-0.05, 0) is 42.5 Å². The predicted octanol–water partition coefficient (Wildman–Crippen LogP) is 7.56. The molecule has 0 spiro atoms. The number of carbonyl (C=O) groups excluding carboxylic acids is 1. The Bertz CT molecular complexity index is 1560. The van der Waals surface area contributed by atoms with E-state index in [1.54, 1.807) is 41.4 Å². The maximum atomic E-state index is 11.7. The Kier molecular flexibility index (Phi) is 7.26. The minimum Gasteiger partial charge on any atom is -0.453 e. The van der Waals surface area contributed by atoms with Gasteiger partial charge in [-0.15, -0.1) is 22.7 Å². The Balaban J connectivity index is 1.24. The Morgan fingerprint density at radius 1 is 1.11 bits per heavy atom. The minimum atomic E-state index is 0.145. The summed E-state index contributed by atoms with van der Waals surface area (Å²) >= 11 is 4.89. The fourth-order valence-corrected chi connectivity index (χ4v) is 7.12. The topological polar surface area (TPSA) is 80.2 Å². The van der Waals surface area contributed by atoms with Crippen molar-refractivity contribution in [2.75, 3.05) is 18.4 Å². The lowest BCUT2D eigenvalue weighted by atomic mass is 9.94. The van der Waals surface area contributed by atoms with Gasteiger partial charge in [0.15, 0.2) is 16.7 Å². The highest BCUT2D eigenvalue weighted by Crippen LogP contribution is 2.40. The van der Waals surface area contributed by atoms with Gasteiger partial charge in [0, 0.05) is 59.6 Å². The van der Waals surface area contributed by atoms with Crippen molar-refractivity contribution in [2.45, 2.75) is 35.5 Å². The van der Waals surface area contributed by atoms with Crippen molar-refractivity contribution in [2.24, 2.45) is 0 Å². The maximum absolute atomic E-state index is 11.7. The second-order valence-corrected chi connectivity index (χ2v) is 11.9. The van der Waals surface area contributed by atoms with Gasteiger partial charge in [-0.25, -0.2) is 9.97 Å². The molecule has 10 heteroatoms. The summed E-state index contributed by atoms with van der Waals surface area (Å²) in [7, 11) is 0. The molecule has 0 unspecified atom stereocenters. The summed E-state index contributed by atoms with van der Waals surface area (Å²) < 4.78 is 7.44. The lowest BCUT2D eigenvalue weighted by Gasteiger charge is -2.30. The second-order valence-electron chi connectivity index (χ2n) is 8.96. The zero-order chi connectivity index (χ0) is 25.9. The van der Waals surface area contributed by atoms with Gasteiger partial charge in [0.2, 0.25) is 5.91 Å². The average Bonchev–Trinajstić information content (AvgIpc) is 3.61. The smallest absolute Gasteiger partial charge is 0.219 e. The number of amides is 1. The molecular weight excluding hydrogens is 535 g/mol. The van der Waals surface area contributed by atoms with E-state index in [1.165, 1.54) is 0 Å². The predicted molar refractivity (Wildman–Crippen MR) is 154 cm³/mol. The Labute approximate surface area is 232 Å². The molecule has 6 rings (SSSR count). The van der Waals surface area contributed by atoms with Crippen LogP contribution in [0.1, 0.15) is 31.4 Å². The average molecular weight is 560 g/mol. The molecule has 5 aromatic rings. The molecule has 0 atom stereocenters. The number of nitrogens with zero attached hydrogens (tertiary/aromatic N) is 4. The Morgan fingerprint density at radius 2 is 1.95 bits per heavy atom. The van der Waals surface area contributed by atoms with Crippen LogP contribution in [0.3, 0.4) is 0 Å². The van der Waals surface area contributed by atoms with E-state index in [-0.39, 0.29) is 5.91 Å². The number of pyridine rings is 2. The second kappa shape index (κ2) is 11.1. The lowest BCUT2D eigenvalue weighted by molar-refractivity contribution is -0.129. The molecule has 0 saturated carbocycles. The van der Waals surface area contributed by atoms with Gasteiger partial charge in [-0.2, -0.15) is 0 Å². The van der Waals surface area contributed by atoms with Crippen molar-refractivity contribution in [1.29, 1.82) is 0 Å². The number of likely N-dealkylation sites (tertiary alicyclic amines) is 1. The molecule has 0 aliphatic carbocycles. The number of para-hydroxylation sites is 1. The molecule has 1 saturated heterocycles. The van der Waals surface area contributed by atoms with Gasteiger partial charge < -0.3 is 15.0 Å². The summed E-state index contributed by atoms with van der Waals surface area (Å²) in [5, 5.41) is 8.32. The first-order valence-corrected chi connectivity index (χ1v) is 14.9. The third-order valence-electron chi connectivity index (χ3n) is 6.44. The van der Waals surface area contributed by atoms with Crippen LogP contribution in [0.15, 0.2) is 81.5 Å². The van der Waals surface area contributed by atoms with E-state index in [2.05, 4.69) is 21.1 Å². The number of benzene rings is 1. The van der Waals surface area contributed by atoms with Gasteiger partial charge in [0.25, 0.3) is 0 Å². The minimum absolute atomic E-state index is 0.145. The van der Waals surface area contributed by atoms with Gasteiger partial charge in [0.05, 0.1) is 15.9 Å². The summed E-state index contributed by atoms with van der Waals surface area (Å²) in [5.74, 6) is 2.48. The number of aromatic nitrogens is 3. The monoisotopic (exact) mass is 559 g/mol. The summed E-state index contributed by atoms with van der Waals surface area (Å²) in [4.78, 5) is 29.7. The molecule has 1 N–H and O–H groups in total. The molecular formula is C28H25N5O2S3. The van der Waals surface area contributed by atoms with Gasteiger partial charge in [-0.3, -0.25) is 9.78 Å². The van der Waals surface area contributed by atoms with Crippen LogP contribution < -0.4 is 10.1 Å². The number of fused-ring (bicyclic) bond motifs is 1. The SMILES string of the molecule is CC(=O)N1CCC(c2csc(Nc3ncc(Sc4ccnc5ccsc45)cc3Oc3ccccc3)n2)CC1. The molecule has 0 bridgehead atoms. The molecule has 5 heterocycles. The molecule has 1 aliphatic rings.